The molecule has 4 aromatic rings. The number of amides is 2. The van der Waals surface area contributed by atoms with Crippen LogP contribution in [0.3, 0.4) is 0 Å². The maximum Gasteiger partial charge on any atom is 0.340 e. The van der Waals surface area contributed by atoms with Crippen LogP contribution in [-0.2, 0) is 39.7 Å². The number of halogens is 2. The Morgan fingerprint density at radius 1 is 1.10 bits per heavy atom. The molecule has 0 fully saturated rings. The molecule has 1 aliphatic heterocycles. The van der Waals surface area contributed by atoms with E-state index in [2.05, 4.69) is 30.1 Å². The molecule has 0 saturated heterocycles. The summed E-state index contributed by atoms with van der Waals surface area (Å²) >= 11 is 8.17. The quantitative estimate of drug-likeness (QED) is 0.154. The molecular weight excluding hydrogens is 761 g/mol. The molecule has 0 bridgehead atoms. The van der Waals surface area contributed by atoms with Crippen LogP contribution >= 0.6 is 34.7 Å². The average Bonchev–Trinajstić information content (AvgIpc) is 3.64. The lowest BCUT2D eigenvalue weighted by molar-refractivity contribution is -0.137. The molecule has 0 aliphatic carbocycles. The van der Waals surface area contributed by atoms with Gasteiger partial charge < -0.3 is 19.3 Å². The molecule has 3 N–H and O–H groups in total. The van der Waals surface area contributed by atoms with Crippen molar-refractivity contribution in [2.75, 3.05) is 32.4 Å². The van der Waals surface area contributed by atoms with Gasteiger partial charge in [0, 0.05) is 25.0 Å². The van der Waals surface area contributed by atoms with Crippen LogP contribution in [0.2, 0.25) is 5.02 Å². The van der Waals surface area contributed by atoms with Gasteiger partial charge in [-0.3, -0.25) is 24.3 Å². The Morgan fingerprint density at radius 2 is 1.75 bits per heavy atom. The molecule has 0 spiro atoms. The van der Waals surface area contributed by atoms with E-state index >= 15 is 0 Å². The van der Waals surface area contributed by atoms with Gasteiger partial charge in [-0.05, 0) is 36.3 Å². The molecule has 1 aromatic carbocycles. The Hall–Kier alpha value is -5.00. The van der Waals surface area contributed by atoms with E-state index in [-0.39, 0.29) is 39.0 Å². The highest BCUT2D eigenvalue weighted by molar-refractivity contribution is 8.00. The van der Waals surface area contributed by atoms with Crippen molar-refractivity contribution in [3.63, 3.8) is 0 Å². The summed E-state index contributed by atoms with van der Waals surface area (Å²) in [5.41, 5.74) is -0.508. The Kier molecular flexibility index (Phi) is 12.8. The van der Waals surface area contributed by atoms with Gasteiger partial charge in [-0.25, -0.2) is 28.4 Å². The summed E-state index contributed by atoms with van der Waals surface area (Å²) < 4.78 is 59.1. The van der Waals surface area contributed by atoms with E-state index < -0.39 is 44.4 Å². The standard InChI is InChI=1S/C15H15ClFN3O3S2.C12H14N6O7S/c1-23-13(21)8-24-12-7-11(10(17)6-9(12)16)18-14-19-4-2-3-5-20(19)15(22)25-14;1-18-9(6(5-13-18)10(19)20)26(22,23)17-12(21)16-11-14-7(24-2)4-8(15-11)25-3/h6-7H,2-5,8H2,1H3;4-5H,1-3H3,(H,19,20)(H2,14,15,16,17,21)/b18-14-;. The first-order chi connectivity index (χ1) is 24.2. The van der Waals surface area contributed by atoms with E-state index in [0.29, 0.717) is 22.8 Å². The van der Waals surface area contributed by atoms with Gasteiger partial charge in [0.2, 0.25) is 22.5 Å². The molecule has 2 amide bonds. The first-order valence-corrected chi connectivity index (χ1v) is 17.9. The predicted molar refractivity (Wildman–Crippen MR) is 180 cm³/mol. The number of fused-ring (bicyclic) bond motifs is 1. The Balaban J connectivity index is 0.000000229. The van der Waals surface area contributed by atoms with Crippen LogP contribution in [0, 0.1) is 5.82 Å². The number of methoxy groups -OCH3 is 3. The fourth-order valence-electron chi connectivity index (χ4n) is 4.29. The monoisotopic (exact) mass is 789 g/mol. The number of hydrogen-bond donors (Lipinski definition) is 3. The number of aromatic nitrogens is 6. The largest absolute Gasteiger partial charge is 0.481 e. The van der Waals surface area contributed by atoms with Gasteiger partial charge in [0.1, 0.15) is 17.1 Å². The number of nitrogens with one attached hydrogen (secondary N) is 2. The molecule has 0 unspecified atom stereocenters. The number of aromatic carboxylic acids is 1. The number of nitrogens with zero attached hydrogens (tertiary/aromatic N) is 7. The van der Waals surface area contributed by atoms with Crippen molar-refractivity contribution in [1.29, 1.82) is 0 Å². The predicted octanol–water partition coefficient (Wildman–Crippen LogP) is 2.23. The number of sulfonamides is 1. The van der Waals surface area contributed by atoms with Gasteiger partial charge in [-0.2, -0.15) is 23.5 Å². The summed E-state index contributed by atoms with van der Waals surface area (Å²) in [6.45, 7) is 1.32. The van der Waals surface area contributed by atoms with E-state index in [0.717, 1.165) is 52.9 Å². The van der Waals surface area contributed by atoms with Crippen molar-refractivity contribution in [2.24, 2.45) is 12.0 Å². The second-order valence-corrected chi connectivity index (χ2v) is 13.9. The number of carbonyl (C=O) groups excluding carboxylic acids is 2. The number of esters is 1. The molecule has 5 rings (SSSR count). The van der Waals surface area contributed by atoms with Crippen molar-refractivity contribution in [2.45, 2.75) is 35.9 Å². The topological polar surface area (TPSA) is 240 Å². The molecule has 19 nitrogen and oxygen atoms in total. The molecule has 0 atom stereocenters. The fourth-order valence-corrected chi connectivity index (χ4v) is 7.49. The lowest BCUT2D eigenvalue weighted by atomic mass is 10.3. The first kappa shape index (κ1) is 38.8. The van der Waals surface area contributed by atoms with Crippen molar-refractivity contribution < 1.29 is 46.5 Å². The number of urea groups is 1. The van der Waals surface area contributed by atoms with Gasteiger partial charge in [0.25, 0.3) is 10.0 Å². The lowest BCUT2D eigenvalue weighted by Gasteiger charge is -2.15. The molecule has 51 heavy (non-hydrogen) atoms. The van der Waals surface area contributed by atoms with Gasteiger partial charge in [-0.15, -0.1) is 11.8 Å². The van der Waals surface area contributed by atoms with Crippen molar-refractivity contribution in [3.05, 3.63) is 55.3 Å². The summed E-state index contributed by atoms with van der Waals surface area (Å²) in [6, 6.07) is 2.76. The Bertz CT molecular complexity index is 2180. The minimum absolute atomic E-state index is 0.0605. The molecule has 0 saturated carbocycles. The number of thioether (sulfide) groups is 1. The molecule has 3 aromatic heterocycles. The molecule has 1 aliphatic rings. The number of carboxylic acid groups (broad SMARTS) is 1. The lowest BCUT2D eigenvalue weighted by Crippen LogP contribution is -2.36. The van der Waals surface area contributed by atoms with Crippen LogP contribution in [0.25, 0.3) is 0 Å². The number of aryl methyl sites for hydroxylation is 1. The number of carbonyl (C=O) groups is 3. The molecule has 4 heterocycles. The third kappa shape index (κ3) is 9.62. The fraction of sp³-hybridized carbons (Fsp3) is 0.333. The number of benzene rings is 1. The van der Waals surface area contributed by atoms with Crippen LogP contribution in [-0.4, -0.2) is 87.7 Å². The third-order valence-electron chi connectivity index (χ3n) is 6.60. The maximum absolute atomic E-state index is 14.3. The second-order valence-electron chi connectivity index (χ2n) is 9.94. The van der Waals surface area contributed by atoms with Crippen LogP contribution in [0.4, 0.5) is 20.8 Å². The molecular formula is C27H29ClFN9O10S3. The number of ether oxygens (including phenoxy) is 3. The van der Waals surface area contributed by atoms with Crippen LogP contribution in [0.15, 0.2) is 44.1 Å². The molecule has 0 radical (unpaired) electrons. The number of anilines is 1. The molecule has 274 valence electrons. The maximum atomic E-state index is 14.3. The van der Waals surface area contributed by atoms with E-state index in [9.17, 15) is 32.0 Å². The van der Waals surface area contributed by atoms with Crippen LogP contribution < -0.4 is 29.2 Å². The van der Waals surface area contributed by atoms with Gasteiger partial charge in [0.05, 0.1) is 44.4 Å². The highest BCUT2D eigenvalue weighted by Gasteiger charge is 2.29. The zero-order chi connectivity index (χ0) is 37.5. The van der Waals surface area contributed by atoms with Gasteiger partial charge in [-0.1, -0.05) is 11.6 Å². The summed E-state index contributed by atoms with van der Waals surface area (Å²) in [6.07, 6.45) is 2.75. The number of hydrogen-bond acceptors (Lipinski definition) is 15. The highest BCUT2D eigenvalue weighted by Crippen LogP contribution is 2.33. The van der Waals surface area contributed by atoms with E-state index in [1.54, 1.807) is 14.1 Å². The number of carboxylic acids is 1. The van der Waals surface area contributed by atoms with E-state index in [1.807, 2.05) is 0 Å². The third-order valence-corrected chi connectivity index (χ3v) is 10.4. The van der Waals surface area contributed by atoms with Crippen LogP contribution in [0.1, 0.15) is 23.2 Å². The van der Waals surface area contributed by atoms with Crippen LogP contribution in [0.5, 0.6) is 11.8 Å². The van der Waals surface area contributed by atoms with Crippen molar-refractivity contribution >= 4 is 74.3 Å². The minimum atomic E-state index is -4.53. The Labute approximate surface area is 301 Å². The summed E-state index contributed by atoms with van der Waals surface area (Å²) in [5.74, 6) is -2.60. The minimum Gasteiger partial charge on any atom is -0.481 e. The zero-order valence-corrected chi connectivity index (χ0v) is 30.3. The summed E-state index contributed by atoms with van der Waals surface area (Å²) in [7, 11) is 0.630. The van der Waals surface area contributed by atoms with E-state index in [4.69, 9.17) is 26.2 Å². The summed E-state index contributed by atoms with van der Waals surface area (Å²) in [5, 5.41) is 14.2. The van der Waals surface area contributed by atoms with Gasteiger partial charge in [0.15, 0.2) is 5.03 Å². The SMILES string of the molecule is COC(=O)CSc1cc(/N=c2\sc(=O)n3n2CCCC3)c(F)cc1Cl.COc1cc(OC)nc(NC(=O)NS(=O)(=O)c2c(C(=O)O)cnn2C)n1. The van der Waals surface area contributed by atoms with E-state index in [1.165, 1.54) is 40.5 Å². The Morgan fingerprint density at radius 3 is 2.35 bits per heavy atom. The first-order valence-electron chi connectivity index (χ1n) is 14.3. The second kappa shape index (κ2) is 16.8. The number of rotatable bonds is 10. The van der Waals surface area contributed by atoms with Gasteiger partial charge >= 0.3 is 22.8 Å². The van der Waals surface area contributed by atoms with Crippen molar-refractivity contribution in [3.8, 4) is 11.8 Å². The smallest absolute Gasteiger partial charge is 0.340 e. The van der Waals surface area contributed by atoms with Crippen molar-refractivity contribution in [1.82, 2.24) is 33.8 Å². The molecule has 24 heteroatoms. The normalized spacial score (nSPS) is 12.6. The zero-order valence-electron chi connectivity index (χ0n) is 27.1. The summed E-state index contributed by atoms with van der Waals surface area (Å²) in [4.78, 5) is 59.2. The highest BCUT2D eigenvalue weighted by atomic mass is 35.5. The average molecular weight is 790 g/mol.